The summed E-state index contributed by atoms with van der Waals surface area (Å²) in [5, 5.41) is 6.77. The number of aryl methyl sites for hydroxylation is 2. The lowest BCUT2D eigenvalue weighted by atomic mass is 10.1. The second kappa shape index (κ2) is 8.60. The van der Waals surface area contributed by atoms with E-state index >= 15 is 0 Å². The van der Waals surface area contributed by atoms with Gasteiger partial charge in [0.15, 0.2) is 0 Å². The Balaban J connectivity index is 0.00000225. The third kappa shape index (κ3) is 4.11. The van der Waals surface area contributed by atoms with Gasteiger partial charge in [0.05, 0.1) is 16.3 Å². The minimum absolute atomic E-state index is 0. The minimum atomic E-state index is -0.181. The monoisotopic (exact) mass is 428 g/mol. The van der Waals surface area contributed by atoms with Gasteiger partial charge in [-0.3, -0.25) is 9.78 Å². The van der Waals surface area contributed by atoms with Crippen molar-refractivity contribution in [1.82, 2.24) is 14.6 Å². The largest absolute Gasteiger partial charge is 0.321 e. The second-order valence-corrected chi connectivity index (χ2v) is 7.86. The first-order valence-electron chi connectivity index (χ1n) is 8.34. The first kappa shape index (κ1) is 20.1. The van der Waals surface area contributed by atoms with Gasteiger partial charge in [-0.1, -0.05) is 22.7 Å². The third-order valence-corrected chi connectivity index (χ3v) is 6.23. The SMILES string of the molecule is Cc1cc(-c2ccccn2)sc1-c1ccc(NC(=O)c2snnc2C)cc1.Cl. The van der Waals surface area contributed by atoms with E-state index < -0.39 is 0 Å². The summed E-state index contributed by atoms with van der Waals surface area (Å²) in [6.07, 6.45) is 1.81. The van der Waals surface area contributed by atoms with Gasteiger partial charge in [0.25, 0.3) is 5.91 Å². The first-order valence-corrected chi connectivity index (χ1v) is 9.93. The summed E-state index contributed by atoms with van der Waals surface area (Å²) in [4.78, 5) is 19.6. The zero-order valence-corrected chi connectivity index (χ0v) is 17.6. The van der Waals surface area contributed by atoms with Crippen LogP contribution in [0.3, 0.4) is 0 Å². The van der Waals surface area contributed by atoms with E-state index in [0.29, 0.717) is 10.6 Å². The quantitative estimate of drug-likeness (QED) is 0.458. The van der Waals surface area contributed by atoms with E-state index in [1.165, 1.54) is 10.4 Å². The Bertz CT molecular complexity index is 1090. The van der Waals surface area contributed by atoms with Crippen LogP contribution in [0.1, 0.15) is 20.9 Å². The van der Waals surface area contributed by atoms with Gasteiger partial charge in [-0.2, -0.15) is 0 Å². The van der Waals surface area contributed by atoms with Crippen LogP contribution >= 0.6 is 35.3 Å². The first-order chi connectivity index (χ1) is 13.1. The summed E-state index contributed by atoms with van der Waals surface area (Å²) < 4.78 is 3.80. The molecule has 0 bridgehead atoms. The molecule has 3 heterocycles. The molecule has 142 valence electrons. The molecule has 0 saturated carbocycles. The molecule has 0 aliphatic carbocycles. The van der Waals surface area contributed by atoms with Gasteiger partial charge in [0, 0.05) is 16.8 Å². The highest BCUT2D eigenvalue weighted by molar-refractivity contribution is 7.19. The topological polar surface area (TPSA) is 67.8 Å². The number of benzene rings is 1. The summed E-state index contributed by atoms with van der Waals surface area (Å²) in [6, 6.07) is 16.0. The highest BCUT2D eigenvalue weighted by atomic mass is 35.5. The molecule has 0 aliphatic heterocycles. The Morgan fingerprint density at radius 1 is 1.07 bits per heavy atom. The Morgan fingerprint density at radius 2 is 1.86 bits per heavy atom. The number of carbonyl (C=O) groups is 1. The van der Waals surface area contributed by atoms with Gasteiger partial charge >= 0.3 is 0 Å². The normalized spacial score (nSPS) is 10.4. The molecular weight excluding hydrogens is 412 g/mol. The van der Waals surface area contributed by atoms with Crippen molar-refractivity contribution in [3.8, 4) is 21.0 Å². The predicted octanol–water partition coefficient (Wildman–Crippen LogP) is 5.62. The fraction of sp³-hybridized carbons (Fsp3) is 0.100. The molecule has 0 unspecified atom stereocenters. The molecule has 28 heavy (non-hydrogen) atoms. The van der Waals surface area contributed by atoms with Crippen LogP contribution in [0.15, 0.2) is 54.7 Å². The predicted molar refractivity (Wildman–Crippen MR) is 118 cm³/mol. The standard InChI is InChI=1S/C20H16N4OS2.ClH/c1-12-11-17(16-5-3-4-10-21-16)26-18(12)14-6-8-15(9-7-14)22-20(25)19-13(2)23-24-27-19;/h3-11H,1-2H3,(H,22,25);1H. The fourth-order valence-corrected chi connectivity index (χ4v) is 4.44. The molecule has 4 aromatic rings. The molecule has 4 rings (SSSR count). The van der Waals surface area contributed by atoms with E-state index in [1.807, 2.05) is 48.7 Å². The number of thiophene rings is 1. The van der Waals surface area contributed by atoms with Crippen LogP contribution in [0.5, 0.6) is 0 Å². The molecule has 0 aliphatic rings. The van der Waals surface area contributed by atoms with Crippen molar-refractivity contribution >= 4 is 46.9 Å². The van der Waals surface area contributed by atoms with Gasteiger partial charge in [-0.15, -0.1) is 28.8 Å². The number of hydrogen-bond donors (Lipinski definition) is 1. The number of hydrogen-bond acceptors (Lipinski definition) is 6. The number of nitrogens with one attached hydrogen (secondary N) is 1. The average Bonchev–Trinajstić information content (AvgIpc) is 3.29. The van der Waals surface area contributed by atoms with Crippen molar-refractivity contribution in [1.29, 1.82) is 0 Å². The van der Waals surface area contributed by atoms with Crippen molar-refractivity contribution < 1.29 is 4.79 Å². The minimum Gasteiger partial charge on any atom is -0.321 e. The van der Waals surface area contributed by atoms with Gasteiger partial charge in [-0.05, 0) is 66.8 Å². The number of amides is 1. The van der Waals surface area contributed by atoms with Crippen LogP contribution in [0.25, 0.3) is 21.0 Å². The number of halogens is 1. The molecule has 0 saturated heterocycles. The van der Waals surface area contributed by atoms with Crippen molar-refractivity contribution in [2.75, 3.05) is 5.32 Å². The van der Waals surface area contributed by atoms with Crippen LogP contribution in [0.2, 0.25) is 0 Å². The molecule has 5 nitrogen and oxygen atoms in total. The number of rotatable bonds is 4. The number of aromatic nitrogens is 3. The molecule has 1 amide bonds. The van der Waals surface area contributed by atoms with Crippen LogP contribution in [0, 0.1) is 13.8 Å². The van der Waals surface area contributed by atoms with Crippen LogP contribution in [-0.4, -0.2) is 20.5 Å². The maximum Gasteiger partial charge on any atom is 0.269 e. The Hall–Kier alpha value is -2.61. The number of anilines is 1. The number of nitrogens with zero attached hydrogens (tertiary/aromatic N) is 3. The van der Waals surface area contributed by atoms with Crippen molar-refractivity contribution in [3.63, 3.8) is 0 Å². The van der Waals surface area contributed by atoms with Gasteiger partial charge in [-0.25, -0.2) is 0 Å². The maximum absolute atomic E-state index is 12.3. The average molecular weight is 429 g/mol. The second-order valence-electron chi connectivity index (χ2n) is 6.06. The molecule has 3 aromatic heterocycles. The van der Waals surface area contributed by atoms with Crippen molar-refractivity contribution in [2.45, 2.75) is 13.8 Å². The van der Waals surface area contributed by atoms with E-state index in [1.54, 1.807) is 18.3 Å². The molecule has 0 fully saturated rings. The van der Waals surface area contributed by atoms with Gasteiger partial charge < -0.3 is 5.32 Å². The van der Waals surface area contributed by atoms with Crippen molar-refractivity contribution in [2.24, 2.45) is 0 Å². The summed E-state index contributed by atoms with van der Waals surface area (Å²) >= 11 is 2.82. The summed E-state index contributed by atoms with van der Waals surface area (Å²) in [5.41, 5.74) is 4.70. The Labute approximate surface area is 177 Å². The molecule has 0 radical (unpaired) electrons. The maximum atomic E-state index is 12.3. The summed E-state index contributed by atoms with van der Waals surface area (Å²) in [5.74, 6) is -0.181. The third-order valence-electron chi connectivity index (χ3n) is 4.10. The molecule has 0 atom stereocenters. The van der Waals surface area contributed by atoms with Crippen molar-refractivity contribution in [3.05, 3.63) is 70.9 Å². The summed E-state index contributed by atoms with van der Waals surface area (Å²) in [6.45, 7) is 3.88. The van der Waals surface area contributed by atoms with Gasteiger partial charge in [0.1, 0.15) is 4.88 Å². The molecule has 1 N–H and O–H groups in total. The molecule has 8 heteroatoms. The Kier molecular flexibility index (Phi) is 6.18. The lowest BCUT2D eigenvalue weighted by Gasteiger charge is -2.05. The summed E-state index contributed by atoms with van der Waals surface area (Å²) in [7, 11) is 0. The van der Waals surface area contributed by atoms with Crippen LogP contribution < -0.4 is 5.32 Å². The van der Waals surface area contributed by atoms with Gasteiger partial charge in [0.2, 0.25) is 0 Å². The number of carbonyl (C=O) groups excluding carboxylic acids is 1. The van der Waals surface area contributed by atoms with Crippen LogP contribution in [-0.2, 0) is 0 Å². The molecule has 1 aromatic carbocycles. The molecular formula is C20H17ClN4OS2. The highest BCUT2D eigenvalue weighted by Crippen LogP contribution is 2.37. The van der Waals surface area contributed by atoms with E-state index in [-0.39, 0.29) is 18.3 Å². The lowest BCUT2D eigenvalue weighted by molar-refractivity contribution is 0.103. The molecule has 0 spiro atoms. The lowest BCUT2D eigenvalue weighted by Crippen LogP contribution is -2.11. The zero-order chi connectivity index (χ0) is 18.8. The number of pyridine rings is 1. The van der Waals surface area contributed by atoms with Crippen LogP contribution in [0.4, 0.5) is 5.69 Å². The smallest absolute Gasteiger partial charge is 0.269 e. The Morgan fingerprint density at radius 3 is 2.50 bits per heavy atom. The fourth-order valence-electron chi connectivity index (χ4n) is 2.74. The van der Waals surface area contributed by atoms with E-state index in [9.17, 15) is 4.79 Å². The highest BCUT2D eigenvalue weighted by Gasteiger charge is 2.14. The van der Waals surface area contributed by atoms with E-state index in [4.69, 9.17) is 0 Å². The van der Waals surface area contributed by atoms with E-state index in [0.717, 1.165) is 33.4 Å². The van der Waals surface area contributed by atoms with E-state index in [2.05, 4.69) is 32.9 Å². The zero-order valence-electron chi connectivity index (χ0n) is 15.2.